The maximum atomic E-state index is 13.2. The molecule has 1 aliphatic heterocycles. The maximum absolute atomic E-state index is 13.2. The van der Waals surface area contributed by atoms with E-state index < -0.39 is 10.0 Å². The van der Waals surface area contributed by atoms with Crippen LogP contribution in [-0.2, 0) is 16.6 Å². The van der Waals surface area contributed by atoms with E-state index in [9.17, 15) is 13.2 Å². The van der Waals surface area contributed by atoms with Crippen molar-refractivity contribution in [2.45, 2.75) is 18.4 Å². The molecular formula is C22H29N3O4S. The van der Waals surface area contributed by atoms with Gasteiger partial charge in [0.05, 0.1) is 12.0 Å². The number of carbonyl (C=O) groups excluding carboxylic acids is 1. The smallest absolute Gasteiger partial charge is 0.253 e. The molecule has 0 atom stereocenters. The van der Waals surface area contributed by atoms with E-state index in [1.165, 1.54) is 10.4 Å². The van der Waals surface area contributed by atoms with Gasteiger partial charge in [0.25, 0.3) is 5.91 Å². The highest BCUT2D eigenvalue weighted by molar-refractivity contribution is 7.89. The van der Waals surface area contributed by atoms with Gasteiger partial charge in [0.2, 0.25) is 10.0 Å². The summed E-state index contributed by atoms with van der Waals surface area (Å²) in [6, 6.07) is 12.4. The molecule has 1 heterocycles. The van der Waals surface area contributed by atoms with Gasteiger partial charge in [-0.3, -0.25) is 4.79 Å². The zero-order valence-electron chi connectivity index (χ0n) is 18.0. The van der Waals surface area contributed by atoms with Gasteiger partial charge < -0.3 is 14.5 Å². The third kappa shape index (κ3) is 4.66. The van der Waals surface area contributed by atoms with E-state index in [2.05, 4.69) is 4.90 Å². The summed E-state index contributed by atoms with van der Waals surface area (Å²) in [6.07, 6.45) is 0. The van der Waals surface area contributed by atoms with Crippen LogP contribution in [0.4, 0.5) is 0 Å². The number of amides is 1. The molecule has 3 rings (SSSR count). The summed E-state index contributed by atoms with van der Waals surface area (Å²) in [7, 11) is 1.62. The van der Waals surface area contributed by atoms with Crippen LogP contribution in [0.3, 0.4) is 0 Å². The summed E-state index contributed by atoms with van der Waals surface area (Å²) >= 11 is 0. The van der Waals surface area contributed by atoms with Crippen molar-refractivity contribution >= 4 is 15.9 Å². The number of benzene rings is 2. The molecule has 1 saturated heterocycles. The van der Waals surface area contributed by atoms with Crippen molar-refractivity contribution in [3.05, 3.63) is 59.2 Å². The Morgan fingerprint density at radius 2 is 1.77 bits per heavy atom. The van der Waals surface area contributed by atoms with Crippen LogP contribution in [0.25, 0.3) is 0 Å². The van der Waals surface area contributed by atoms with E-state index in [0.717, 1.165) is 5.56 Å². The Hall–Kier alpha value is -2.42. The van der Waals surface area contributed by atoms with Crippen LogP contribution in [0.15, 0.2) is 47.4 Å². The van der Waals surface area contributed by atoms with Crippen molar-refractivity contribution in [1.29, 1.82) is 0 Å². The molecule has 0 aromatic heterocycles. The zero-order valence-corrected chi connectivity index (χ0v) is 18.8. The Kier molecular flexibility index (Phi) is 6.80. The summed E-state index contributed by atoms with van der Waals surface area (Å²) in [5.74, 6) is 0.468. The standard InChI is InChI=1S/C22H29N3O4S/c1-17-9-10-18(15-21(17)30(27,28)25-13-11-23(2)12-14-25)22(26)24(3)16-19-7-5-6-8-20(19)29-4/h5-10,15H,11-14,16H2,1-4H3. The molecule has 0 N–H and O–H groups in total. The van der Waals surface area contributed by atoms with Crippen LogP contribution < -0.4 is 4.74 Å². The number of likely N-dealkylation sites (N-methyl/N-ethyl adjacent to an activating group) is 1. The van der Waals surface area contributed by atoms with Gasteiger partial charge in [-0.25, -0.2) is 8.42 Å². The molecule has 0 saturated carbocycles. The summed E-state index contributed by atoms with van der Waals surface area (Å²) in [4.78, 5) is 16.9. The molecule has 1 aliphatic rings. The second-order valence-corrected chi connectivity index (χ2v) is 9.57. The number of ether oxygens (including phenoxy) is 1. The van der Waals surface area contributed by atoms with Crippen LogP contribution in [0.2, 0.25) is 0 Å². The molecule has 2 aromatic rings. The first-order chi connectivity index (χ1) is 14.2. The first-order valence-corrected chi connectivity index (χ1v) is 11.3. The number of rotatable bonds is 6. The van der Waals surface area contributed by atoms with Crippen LogP contribution in [0.5, 0.6) is 5.75 Å². The van der Waals surface area contributed by atoms with Gasteiger partial charge in [0.1, 0.15) is 5.75 Å². The highest BCUT2D eigenvalue weighted by Crippen LogP contribution is 2.24. The van der Waals surface area contributed by atoms with Crippen molar-refractivity contribution in [2.24, 2.45) is 0 Å². The minimum absolute atomic E-state index is 0.198. The van der Waals surface area contributed by atoms with Crippen LogP contribution in [0, 0.1) is 6.92 Å². The Morgan fingerprint density at radius 3 is 2.43 bits per heavy atom. The molecule has 7 nitrogen and oxygen atoms in total. The van der Waals surface area contributed by atoms with Crippen molar-refractivity contribution in [3.8, 4) is 5.75 Å². The molecule has 0 spiro atoms. The Morgan fingerprint density at radius 1 is 1.10 bits per heavy atom. The van der Waals surface area contributed by atoms with Gasteiger partial charge >= 0.3 is 0 Å². The second-order valence-electron chi connectivity index (χ2n) is 7.66. The molecule has 0 bridgehead atoms. The minimum atomic E-state index is -3.65. The van der Waals surface area contributed by atoms with E-state index in [-0.39, 0.29) is 10.8 Å². The molecule has 1 fully saturated rings. The quantitative estimate of drug-likeness (QED) is 0.701. The van der Waals surface area contributed by atoms with Gasteiger partial charge in [-0.05, 0) is 37.7 Å². The normalized spacial score (nSPS) is 15.7. The predicted molar refractivity (Wildman–Crippen MR) is 116 cm³/mol. The number of nitrogens with zero attached hydrogens (tertiary/aromatic N) is 3. The zero-order chi connectivity index (χ0) is 21.9. The summed E-state index contributed by atoms with van der Waals surface area (Å²) in [6.45, 7) is 4.40. The highest BCUT2D eigenvalue weighted by atomic mass is 32.2. The summed E-state index contributed by atoms with van der Waals surface area (Å²) < 4.78 is 33.3. The van der Waals surface area contributed by atoms with E-state index in [0.29, 0.717) is 49.6 Å². The van der Waals surface area contributed by atoms with Crippen LogP contribution in [0.1, 0.15) is 21.5 Å². The van der Waals surface area contributed by atoms with Crippen molar-refractivity contribution in [2.75, 3.05) is 47.4 Å². The molecule has 2 aromatic carbocycles. The monoisotopic (exact) mass is 431 g/mol. The Bertz CT molecular complexity index is 1010. The molecule has 0 unspecified atom stereocenters. The van der Waals surface area contributed by atoms with Gasteiger partial charge in [0.15, 0.2) is 0 Å². The fourth-order valence-corrected chi connectivity index (χ4v) is 5.23. The topological polar surface area (TPSA) is 70.2 Å². The number of hydrogen-bond donors (Lipinski definition) is 0. The highest BCUT2D eigenvalue weighted by Gasteiger charge is 2.29. The summed E-state index contributed by atoms with van der Waals surface area (Å²) in [5, 5.41) is 0. The Labute approximate surface area is 178 Å². The van der Waals surface area contributed by atoms with Gasteiger partial charge in [0, 0.05) is 50.9 Å². The SMILES string of the molecule is COc1ccccc1CN(C)C(=O)c1ccc(C)c(S(=O)(=O)N2CCN(C)CC2)c1. The first kappa shape index (κ1) is 22.3. The lowest BCUT2D eigenvalue weighted by atomic mass is 10.1. The van der Waals surface area contributed by atoms with Gasteiger partial charge in [-0.2, -0.15) is 4.31 Å². The van der Waals surface area contributed by atoms with E-state index >= 15 is 0 Å². The van der Waals surface area contributed by atoms with Crippen molar-refractivity contribution in [3.63, 3.8) is 0 Å². The number of carbonyl (C=O) groups is 1. The third-order valence-electron chi connectivity index (χ3n) is 5.46. The minimum Gasteiger partial charge on any atom is -0.496 e. The Balaban J connectivity index is 1.84. The predicted octanol–water partition coefficient (Wildman–Crippen LogP) is 2.21. The lowest BCUT2D eigenvalue weighted by molar-refractivity contribution is 0.0784. The molecule has 8 heteroatoms. The number of methoxy groups -OCH3 is 1. The average Bonchev–Trinajstić information content (AvgIpc) is 2.74. The van der Waals surface area contributed by atoms with E-state index in [1.54, 1.807) is 38.1 Å². The molecule has 0 aliphatic carbocycles. The molecule has 30 heavy (non-hydrogen) atoms. The van der Waals surface area contributed by atoms with Crippen molar-refractivity contribution in [1.82, 2.24) is 14.1 Å². The lowest BCUT2D eigenvalue weighted by Gasteiger charge is -2.32. The van der Waals surface area contributed by atoms with Crippen LogP contribution in [-0.4, -0.2) is 75.8 Å². The molecule has 0 radical (unpaired) electrons. The largest absolute Gasteiger partial charge is 0.496 e. The van der Waals surface area contributed by atoms with E-state index in [4.69, 9.17) is 4.74 Å². The fourth-order valence-electron chi connectivity index (χ4n) is 3.56. The third-order valence-corrected chi connectivity index (χ3v) is 7.50. The fraction of sp³-hybridized carbons (Fsp3) is 0.409. The van der Waals surface area contributed by atoms with Gasteiger partial charge in [-0.1, -0.05) is 24.3 Å². The molecule has 1 amide bonds. The number of sulfonamides is 1. The van der Waals surface area contributed by atoms with Crippen molar-refractivity contribution < 1.29 is 17.9 Å². The van der Waals surface area contributed by atoms with Crippen LogP contribution >= 0.6 is 0 Å². The molecule has 162 valence electrons. The number of para-hydroxylation sites is 1. The summed E-state index contributed by atoms with van der Waals surface area (Å²) in [5.41, 5.74) is 1.87. The number of piperazine rings is 1. The number of hydrogen-bond acceptors (Lipinski definition) is 5. The second kappa shape index (κ2) is 9.16. The molecular weight excluding hydrogens is 402 g/mol. The number of aryl methyl sites for hydroxylation is 1. The van der Waals surface area contributed by atoms with E-state index in [1.807, 2.05) is 31.3 Å². The van der Waals surface area contributed by atoms with Gasteiger partial charge in [-0.15, -0.1) is 0 Å². The lowest BCUT2D eigenvalue weighted by Crippen LogP contribution is -2.47. The first-order valence-electron chi connectivity index (χ1n) is 9.90. The maximum Gasteiger partial charge on any atom is 0.253 e. The average molecular weight is 432 g/mol.